The molecule has 1 N–H and O–H groups in total. The SMILES string of the molecule is COC(=O)N1C[C@@H](c2ccc(C(O)(C(F)(F)F)C(F)(F)F)cc2)[C@@](C)(c2ccccc2)C1. The highest BCUT2D eigenvalue weighted by Gasteiger charge is 2.71. The number of likely N-dealkylation sites (tertiary alicyclic amines) is 1. The van der Waals surface area contributed by atoms with Crippen LogP contribution < -0.4 is 0 Å². The first-order chi connectivity index (χ1) is 14.8. The standard InChI is InChI=1S/C22H21F6NO3/c1-19(15-6-4-3-5-7-15)13-29(18(30)32-2)12-17(19)14-8-10-16(11-9-14)20(31,21(23,24)25)22(26,27)28/h3-11,17,31H,12-13H2,1-2H3/t17-,19+/m0/s1. The van der Waals surface area contributed by atoms with E-state index in [2.05, 4.69) is 0 Å². The molecule has 3 rings (SSSR count). The Kier molecular flexibility index (Phi) is 5.97. The molecule has 0 aliphatic carbocycles. The molecule has 10 heteroatoms. The van der Waals surface area contributed by atoms with Crippen molar-refractivity contribution in [3.63, 3.8) is 0 Å². The van der Waals surface area contributed by atoms with Crippen LogP contribution in [0.4, 0.5) is 31.1 Å². The highest BCUT2D eigenvalue weighted by Crippen LogP contribution is 2.51. The topological polar surface area (TPSA) is 49.8 Å². The van der Waals surface area contributed by atoms with E-state index in [9.17, 15) is 36.2 Å². The van der Waals surface area contributed by atoms with Gasteiger partial charge in [0.1, 0.15) is 0 Å². The van der Waals surface area contributed by atoms with E-state index in [4.69, 9.17) is 4.74 Å². The van der Waals surface area contributed by atoms with Crippen molar-refractivity contribution in [2.75, 3.05) is 20.2 Å². The molecule has 1 heterocycles. The van der Waals surface area contributed by atoms with Gasteiger partial charge in [0, 0.05) is 30.0 Å². The number of methoxy groups -OCH3 is 1. The maximum atomic E-state index is 13.2. The molecule has 174 valence electrons. The van der Waals surface area contributed by atoms with Crippen LogP contribution in [0.3, 0.4) is 0 Å². The van der Waals surface area contributed by atoms with Gasteiger partial charge < -0.3 is 14.7 Å². The molecule has 0 bridgehead atoms. The minimum absolute atomic E-state index is 0.153. The molecule has 4 nitrogen and oxygen atoms in total. The van der Waals surface area contributed by atoms with Gasteiger partial charge in [-0.2, -0.15) is 26.3 Å². The number of carbonyl (C=O) groups is 1. The molecule has 0 unspecified atom stereocenters. The van der Waals surface area contributed by atoms with E-state index in [1.165, 1.54) is 12.0 Å². The third-order valence-electron chi connectivity index (χ3n) is 6.11. The second-order valence-electron chi connectivity index (χ2n) is 8.01. The Balaban J connectivity index is 2.05. The van der Waals surface area contributed by atoms with Crippen LogP contribution >= 0.6 is 0 Å². The number of halogens is 6. The summed E-state index contributed by atoms with van der Waals surface area (Å²) in [5.74, 6) is -0.442. The predicted octanol–water partition coefficient (Wildman–Crippen LogP) is 5.12. The Morgan fingerprint density at radius 2 is 1.53 bits per heavy atom. The predicted molar refractivity (Wildman–Crippen MR) is 103 cm³/mol. The van der Waals surface area contributed by atoms with Crippen LogP contribution in [0.25, 0.3) is 0 Å². The molecule has 0 saturated carbocycles. The zero-order chi connectivity index (χ0) is 23.9. The molecule has 2 aromatic rings. The number of amides is 1. The fourth-order valence-corrected chi connectivity index (χ4v) is 4.29. The normalized spacial score (nSPS) is 22.2. The molecule has 1 saturated heterocycles. The van der Waals surface area contributed by atoms with Crippen LogP contribution in [0.5, 0.6) is 0 Å². The Hall–Kier alpha value is -2.75. The number of rotatable bonds is 3. The van der Waals surface area contributed by atoms with E-state index in [-0.39, 0.29) is 13.1 Å². The first-order valence-corrected chi connectivity index (χ1v) is 9.60. The van der Waals surface area contributed by atoms with Gasteiger partial charge in [0.15, 0.2) is 0 Å². The van der Waals surface area contributed by atoms with Gasteiger partial charge in [-0.25, -0.2) is 4.79 Å². The third-order valence-corrected chi connectivity index (χ3v) is 6.11. The first kappa shape index (κ1) is 23.9. The molecule has 2 atom stereocenters. The van der Waals surface area contributed by atoms with Gasteiger partial charge in [0.05, 0.1) is 7.11 Å². The maximum Gasteiger partial charge on any atom is 0.430 e. The lowest BCUT2D eigenvalue weighted by molar-refractivity contribution is -0.376. The minimum atomic E-state index is -5.96. The zero-order valence-corrected chi connectivity index (χ0v) is 17.2. The van der Waals surface area contributed by atoms with Crippen LogP contribution in [-0.2, 0) is 15.8 Å². The van der Waals surface area contributed by atoms with Crippen molar-refractivity contribution in [3.05, 3.63) is 71.3 Å². The summed E-state index contributed by atoms with van der Waals surface area (Å²) in [6.45, 7) is 2.26. The minimum Gasteiger partial charge on any atom is -0.453 e. The lowest BCUT2D eigenvalue weighted by Gasteiger charge is -2.34. The van der Waals surface area contributed by atoms with E-state index in [1.807, 2.05) is 19.1 Å². The molecule has 2 aromatic carbocycles. The molecule has 1 aliphatic rings. The number of aliphatic hydroxyl groups is 1. The van der Waals surface area contributed by atoms with Gasteiger partial charge in [-0.05, 0) is 11.1 Å². The van der Waals surface area contributed by atoms with E-state index in [1.54, 1.807) is 18.2 Å². The number of carbonyl (C=O) groups excluding carboxylic acids is 1. The van der Waals surface area contributed by atoms with Gasteiger partial charge in [-0.3, -0.25) is 0 Å². The molecule has 0 spiro atoms. The van der Waals surface area contributed by atoms with E-state index in [0.717, 1.165) is 17.7 Å². The Labute approximate surface area is 180 Å². The summed E-state index contributed by atoms with van der Waals surface area (Å²) >= 11 is 0. The molecular formula is C22H21F6NO3. The highest BCUT2D eigenvalue weighted by molar-refractivity contribution is 5.68. The summed E-state index contributed by atoms with van der Waals surface area (Å²) in [4.78, 5) is 13.6. The second kappa shape index (κ2) is 7.99. The average molecular weight is 461 g/mol. The van der Waals surface area contributed by atoms with E-state index in [0.29, 0.717) is 17.7 Å². The number of hydrogen-bond acceptors (Lipinski definition) is 3. The Morgan fingerprint density at radius 1 is 1.00 bits per heavy atom. The quantitative estimate of drug-likeness (QED) is 0.646. The Bertz CT molecular complexity index is 944. The van der Waals surface area contributed by atoms with Gasteiger partial charge in [-0.1, -0.05) is 61.5 Å². The monoisotopic (exact) mass is 461 g/mol. The van der Waals surface area contributed by atoms with Crippen LogP contribution in [0.2, 0.25) is 0 Å². The van der Waals surface area contributed by atoms with Crippen LogP contribution in [-0.4, -0.2) is 48.7 Å². The number of benzene rings is 2. The van der Waals surface area contributed by atoms with Crippen molar-refractivity contribution in [1.82, 2.24) is 4.90 Å². The zero-order valence-electron chi connectivity index (χ0n) is 17.2. The van der Waals surface area contributed by atoms with E-state index < -0.39 is 40.9 Å². The number of alkyl halides is 6. The lowest BCUT2D eigenvalue weighted by atomic mass is 9.71. The number of nitrogens with zero attached hydrogens (tertiary/aromatic N) is 1. The van der Waals surface area contributed by atoms with Gasteiger partial charge in [0.25, 0.3) is 5.60 Å². The van der Waals surface area contributed by atoms with Crippen molar-refractivity contribution in [1.29, 1.82) is 0 Å². The van der Waals surface area contributed by atoms with Crippen LogP contribution in [0, 0.1) is 0 Å². The molecule has 1 aliphatic heterocycles. The third kappa shape index (κ3) is 3.80. The fourth-order valence-electron chi connectivity index (χ4n) is 4.29. The summed E-state index contributed by atoms with van der Waals surface area (Å²) in [7, 11) is 1.22. The summed E-state index contributed by atoms with van der Waals surface area (Å²) in [5.41, 5.74) is -5.72. The van der Waals surface area contributed by atoms with Gasteiger partial charge in [-0.15, -0.1) is 0 Å². The highest BCUT2D eigenvalue weighted by atomic mass is 19.4. The summed E-state index contributed by atoms with van der Waals surface area (Å²) < 4.78 is 83.9. The molecule has 32 heavy (non-hydrogen) atoms. The lowest BCUT2D eigenvalue weighted by Crippen LogP contribution is -2.53. The summed E-state index contributed by atoms with van der Waals surface area (Å²) in [6.07, 6.45) is -12.5. The average Bonchev–Trinajstić information content (AvgIpc) is 3.10. The number of hydrogen-bond donors (Lipinski definition) is 1. The van der Waals surface area contributed by atoms with Crippen molar-refractivity contribution < 1.29 is 41.0 Å². The van der Waals surface area contributed by atoms with Gasteiger partial charge in [0.2, 0.25) is 0 Å². The largest absolute Gasteiger partial charge is 0.453 e. The second-order valence-corrected chi connectivity index (χ2v) is 8.01. The van der Waals surface area contributed by atoms with Crippen molar-refractivity contribution >= 4 is 6.09 Å². The molecule has 0 aromatic heterocycles. The molecular weight excluding hydrogens is 440 g/mol. The smallest absolute Gasteiger partial charge is 0.430 e. The number of ether oxygens (including phenoxy) is 1. The molecule has 1 fully saturated rings. The van der Waals surface area contributed by atoms with Gasteiger partial charge >= 0.3 is 18.4 Å². The van der Waals surface area contributed by atoms with E-state index >= 15 is 0 Å². The fraction of sp³-hybridized carbons (Fsp3) is 0.409. The van der Waals surface area contributed by atoms with Crippen molar-refractivity contribution in [2.45, 2.75) is 36.2 Å². The molecule has 0 radical (unpaired) electrons. The summed E-state index contributed by atoms with van der Waals surface area (Å²) in [5, 5.41) is 9.62. The maximum absolute atomic E-state index is 13.2. The van der Waals surface area contributed by atoms with Crippen LogP contribution in [0.1, 0.15) is 29.5 Å². The van der Waals surface area contributed by atoms with Crippen LogP contribution in [0.15, 0.2) is 54.6 Å². The molecule has 1 amide bonds. The summed E-state index contributed by atoms with van der Waals surface area (Å²) in [6, 6.07) is 12.6. The van der Waals surface area contributed by atoms with Crippen molar-refractivity contribution in [3.8, 4) is 0 Å². The van der Waals surface area contributed by atoms with Crippen molar-refractivity contribution in [2.24, 2.45) is 0 Å². The first-order valence-electron chi connectivity index (χ1n) is 9.60. The Morgan fingerprint density at radius 3 is 2.00 bits per heavy atom.